The summed E-state index contributed by atoms with van der Waals surface area (Å²) >= 11 is 0. The number of amides is 1. The van der Waals surface area contributed by atoms with Crippen molar-refractivity contribution in [2.75, 3.05) is 46.6 Å². The van der Waals surface area contributed by atoms with Gasteiger partial charge in [0.25, 0.3) is 5.91 Å². The first-order chi connectivity index (χ1) is 14.8. The van der Waals surface area contributed by atoms with Crippen LogP contribution in [0, 0.1) is 13.8 Å². The average molecular weight is 449 g/mol. The maximum absolute atomic E-state index is 12.9. The van der Waals surface area contributed by atoms with Gasteiger partial charge in [-0.1, -0.05) is 12.1 Å². The number of nitrogens with zero attached hydrogens (tertiary/aromatic N) is 1. The Balaban J connectivity index is 1.68. The molecule has 1 aliphatic rings. The molecule has 3 rings (SSSR count). The van der Waals surface area contributed by atoms with Crippen LogP contribution in [0.3, 0.4) is 0 Å². The van der Waals surface area contributed by atoms with Gasteiger partial charge in [-0.15, -0.1) is 0 Å². The van der Waals surface area contributed by atoms with E-state index in [0.717, 1.165) is 16.9 Å². The summed E-state index contributed by atoms with van der Waals surface area (Å²) in [6.45, 7) is 5.98. The Bertz CT molecular complexity index is 1030. The predicted octanol–water partition coefficient (Wildman–Crippen LogP) is 2.14. The topological polar surface area (TPSA) is 94.2 Å². The number of ether oxygens (including phenoxy) is 3. The molecule has 0 aliphatic carbocycles. The smallest absolute Gasteiger partial charge is 0.257 e. The van der Waals surface area contributed by atoms with Gasteiger partial charge in [0.15, 0.2) is 0 Å². The quantitative estimate of drug-likeness (QED) is 0.622. The molecule has 0 unspecified atom stereocenters. The Morgan fingerprint density at radius 3 is 2.55 bits per heavy atom. The van der Waals surface area contributed by atoms with E-state index in [4.69, 9.17) is 14.2 Å². The predicted molar refractivity (Wildman–Crippen MR) is 116 cm³/mol. The van der Waals surface area contributed by atoms with Crippen LogP contribution < -0.4 is 14.2 Å². The third-order valence-electron chi connectivity index (χ3n) is 5.01. The Morgan fingerprint density at radius 1 is 1.10 bits per heavy atom. The first kappa shape index (κ1) is 23.1. The minimum Gasteiger partial charge on any atom is -0.496 e. The van der Waals surface area contributed by atoms with Crippen molar-refractivity contribution in [2.24, 2.45) is 0 Å². The second-order valence-corrected chi connectivity index (χ2v) is 9.05. The molecule has 8 nitrogen and oxygen atoms in total. The molecule has 0 atom stereocenters. The molecule has 0 aromatic heterocycles. The number of hydrogen-bond donors (Lipinski definition) is 1. The van der Waals surface area contributed by atoms with Crippen molar-refractivity contribution in [2.45, 2.75) is 18.7 Å². The summed E-state index contributed by atoms with van der Waals surface area (Å²) in [5.74, 6) is 0.770. The molecule has 1 fully saturated rings. The van der Waals surface area contributed by atoms with E-state index in [1.807, 2.05) is 32.0 Å². The fourth-order valence-corrected chi connectivity index (χ4v) is 4.28. The first-order valence-corrected chi connectivity index (χ1v) is 11.5. The van der Waals surface area contributed by atoms with Crippen LogP contribution >= 0.6 is 0 Å². The summed E-state index contributed by atoms with van der Waals surface area (Å²) in [7, 11) is -2.38. The molecule has 2 aromatic carbocycles. The van der Waals surface area contributed by atoms with Crippen molar-refractivity contribution in [1.29, 1.82) is 0 Å². The van der Waals surface area contributed by atoms with Gasteiger partial charge in [0.05, 0.1) is 30.8 Å². The summed E-state index contributed by atoms with van der Waals surface area (Å²) in [5, 5.41) is 0. The standard InChI is InChI=1S/C22H28N2O6S/c1-16-4-5-17(2)21(14-16)30-11-8-23-31(26,27)18-6-7-20(28-3)19(15-18)22(25)24-9-12-29-13-10-24/h4-7,14-15,23H,8-13H2,1-3H3. The van der Waals surface area contributed by atoms with Gasteiger partial charge in [0.1, 0.15) is 18.1 Å². The van der Waals surface area contributed by atoms with Crippen molar-refractivity contribution in [3.8, 4) is 11.5 Å². The van der Waals surface area contributed by atoms with Crippen LogP contribution in [0.4, 0.5) is 0 Å². The Hall–Kier alpha value is -2.62. The van der Waals surface area contributed by atoms with Crippen molar-refractivity contribution in [1.82, 2.24) is 9.62 Å². The van der Waals surface area contributed by atoms with Crippen LogP contribution in [0.1, 0.15) is 21.5 Å². The number of sulfonamides is 1. The van der Waals surface area contributed by atoms with Gasteiger partial charge in [0, 0.05) is 19.6 Å². The lowest BCUT2D eigenvalue weighted by Gasteiger charge is -2.27. The molecule has 1 amide bonds. The van der Waals surface area contributed by atoms with Crippen LogP contribution in [0.2, 0.25) is 0 Å². The number of carbonyl (C=O) groups excluding carboxylic acids is 1. The van der Waals surface area contributed by atoms with Gasteiger partial charge in [-0.25, -0.2) is 13.1 Å². The zero-order valence-corrected chi connectivity index (χ0v) is 18.8. The van der Waals surface area contributed by atoms with Gasteiger partial charge in [-0.05, 0) is 49.2 Å². The molecular weight excluding hydrogens is 420 g/mol. The van der Waals surface area contributed by atoms with Crippen LogP contribution in [0.5, 0.6) is 11.5 Å². The molecule has 1 aliphatic heterocycles. The van der Waals surface area contributed by atoms with E-state index < -0.39 is 10.0 Å². The number of nitrogens with one attached hydrogen (secondary N) is 1. The summed E-state index contributed by atoms with van der Waals surface area (Å²) in [4.78, 5) is 14.5. The first-order valence-electron chi connectivity index (χ1n) is 10.1. The molecule has 168 valence electrons. The second kappa shape index (κ2) is 10.1. The van der Waals surface area contributed by atoms with E-state index in [1.54, 1.807) is 4.90 Å². The molecule has 1 heterocycles. The zero-order valence-electron chi connectivity index (χ0n) is 18.0. The molecule has 9 heteroatoms. The molecule has 2 aromatic rings. The molecule has 1 saturated heterocycles. The van der Waals surface area contributed by atoms with E-state index in [9.17, 15) is 13.2 Å². The highest BCUT2D eigenvalue weighted by atomic mass is 32.2. The molecule has 0 bridgehead atoms. The van der Waals surface area contributed by atoms with Crippen LogP contribution in [0.15, 0.2) is 41.3 Å². The Labute approximate surface area is 183 Å². The lowest BCUT2D eigenvalue weighted by molar-refractivity contribution is 0.0300. The number of hydrogen-bond acceptors (Lipinski definition) is 6. The maximum Gasteiger partial charge on any atom is 0.257 e. The van der Waals surface area contributed by atoms with E-state index in [0.29, 0.717) is 32.1 Å². The summed E-state index contributed by atoms with van der Waals surface area (Å²) in [6, 6.07) is 10.1. The highest BCUT2D eigenvalue weighted by molar-refractivity contribution is 7.89. The van der Waals surface area contributed by atoms with Gasteiger partial charge in [-0.3, -0.25) is 4.79 Å². The maximum atomic E-state index is 12.9. The van der Waals surface area contributed by atoms with Gasteiger partial charge in [-0.2, -0.15) is 0 Å². The SMILES string of the molecule is COc1ccc(S(=O)(=O)NCCOc2cc(C)ccc2C)cc1C(=O)N1CCOCC1. The second-order valence-electron chi connectivity index (χ2n) is 7.28. The minimum absolute atomic E-state index is 0.00311. The number of rotatable bonds is 8. The fourth-order valence-electron chi connectivity index (χ4n) is 3.24. The number of carbonyl (C=O) groups is 1. The van der Waals surface area contributed by atoms with Crippen molar-refractivity contribution < 1.29 is 27.4 Å². The Kier molecular flexibility index (Phi) is 7.53. The van der Waals surface area contributed by atoms with Crippen molar-refractivity contribution in [3.05, 3.63) is 53.1 Å². The van der Waals surface area contributed by atoms with Crippen LogP contribution in [-0.4, -0.2) is 65.8 Å². The van der Waals surface area contributed by atoms with Crippen LogP contribution in [-0.2, 0) is 14.8 Å². The molecule has 0 spiro atoms. The van der Waals surface area contributed by atoms with Crippen molar-refractivity contribution in [3.63, 3.8) is 0 Å². The molecule has 31 heavy (non-hydrogen) atoms. The number of methoxy groups -OCH3 is 1. The fraction of sp³-hybridized carbons (Fsp3) is 0.409. The third-order valence-corrected chi connectivity index (χ3v) is 6.46. The van der Waals surface area contributed by atoms with E-state index in [1.165, 1.54) is 25.3 Å². The Morgan fingerprint density at radius 2 is 1.84 bits per heavy atom. The monoisotopic (exact) mass is 448 g/mol. The van der Waals surface area contributed by atoms with Gasteiger partial charge in [0.2, 0.25) is 10.0 Å². The summed E-state index contributed by atoms with van der Waals surface area (Å²) in [6.07, 6.45) is 0. The van der Waals surface area contributed by atoms with E-state index >= 15 is 0 Å². The third kappa shape index (κ3) is 5.75. The normalized spacial score (nSPS) is 14.4. The minimum atomic E-state index is -3.83. The largest absolute Gasteiger partial charge is 0.496 e. The van der Waals surface area contributed by atoms with Gasteiger partial charge >= 0.3 is 0 Å². The zero-order chi connectivity index (χ0) is 22.4. The average Bonchev–Trinajstić information content (AvgIpc) is 2.78. The molecule has 0 radical (unpaired) electrons. The van der Waals surface area contributed by atoms with Gasteiger partial charge < -0.3 is 19.1 Å². The number of morpholine rings is 1. The molecule has 1 N–H and O–H groups in total. The summed E-state index contributed by atoms with van der Waals surface area (Å²) in [5.41, 5.74) is 2.26. The van der Waals surface area contributed by atoms with Crippen molar-refractivity contribution >= 4 is 15.9 Å². The lowest BCUT2D eigenvalue weighted by atomic mass is 10.1. The highest BCUT2D eigenvalue weighted by Gasteiger charge is 2.24. The number of benzene rings is 2. The molecule has 0 saturated carbocycles. The van der Waals surface area contributed by atoms with E-state index in [2.05, 4.69) is 4.72 Å². The lowest BCUT2D eigenvalue weighted by Crippen LogP contribution is -2.40. The number of aryl methyl sites for hydroxylation is 2. The van der Waals surface area contributed by atoms with Crippen LogP contribution in [0.25, 0.3) is 0 Å². The van der Waals surface area contributed by atoms with E-state index in [-0.39, 0.29) is 29.5 Å². The summed E-state index contributed by atoms with van der Waals surface area (Å²) < 4.78 is 44.3. The highest BCUT2D eigenvalue weighted by Crippen LogP contribution is 2.24. The molecular formula is C22H28N2O6S.